The Kier molecular flexibility index (Phi) is 10.2. The molecule has 2 N–H and O–H groups in total. The van der Waals surface area contributed by atoms with E-state index in [0.717, 1.165) is 21.3 Å². The Hall–Kier alpha value is -3.65. The lowest BCUT2D eigenvalue weighted by atomic mass is 10.2. The molecule has 0 saturated carbocycles. The Morgan fingerprint density at radius 2 is 1.90 bits per heavy atom. The van der Waals surface area contributed by atoms with Crippen molar-refractivity contribution in [2.24, 2.45) is 5.10 Å². The fourth-order valence-electron chi connectivity index (χ4n) is 3.63. The molecule has 214 valence electrons. The van der Waals surface area contributed by atoms with Gasteiger partial charge in [0.2, 0.25) is 5.91 Å². The molecule has 1 aromatic heterocycles. The van der Waals surface area contributed by atoms with Crippen LogP contribution >= 0.6 is 33.9 Å². The summed E-state index contributed by atoms with van der Waals surface area (Å²) in [5.41, 5.74) is 5.36. The summed E-state index contributed by atoms with van der Waals surface area (Å²) in [6.45, 7) is 4.76. The molecule has 7 nitrogen and oxygen atoms in total. The Morgan fingerprint density at radius 3 is 2.63 bits per heavy atom. The zero-order valence-electron chi connectivity index (χ0n) is 22.1. The molecule has 1 heterocycles. The van der Waals surface area contributed by atoms with Gasteiger partial charge < -0.3 is 14.8 Å². The van der Waals surface area contributed by atoms with Gasteiger partial charge in [0.1, 0.15) is 6.61 Å². The first kappa shape index (κ1) is 30.3. The van der Waals surface area contributed by atoms with Gasteiger partial charge in [0, 0.05) is 11.1 Å². The summed E-state index contributed by atoms with van der Waals surface area (Å²) in [5.74, 6) is 0.810. The van der Waals surface area contributed by atoms with Crippen LogP contribution in [0.2, 0.25) is 0 Å². The van der Waals surface area contributed by atoms with Crippen LogP contribution in [0, 0.1) is 10.5 Å². The summed E-state index contributed by atoms with van der Waals surface area (Å²) in [4.78, 5) is 16.7. The minimum absolute atomic E-state index is 0.0500. The summed E-state index contributed by atoms with van der Waals surface area (Å²) in [6.07, 6.45) is -2.98. The molecular formula is C29H26F3IN4O3S. The van der Waals surface area contributed by atoms with E-state index < -0.39 is 17.6 Å². The Balaban J connectivity index is 1.34. The first-order valence-corrected chi connectivity index (χ1v) is 14.4. The number of hydrazone groups is 1. The number of alkyl halides is 3. The van der Waals surface area contributed by atoms with Crippen molar-refractivity contribution in [3.63, 3.8) is 0 Å². The molecule has 0 bridgehead atoms. The number of hydrogen-bond acceptors (Lipinski definition) is 7. The van der Waals surface area contributed by atoms with Gasteiger partial charge in [0.25, 0.3) is 0 Å². The third-order valence-corrected chi connectivity index (χ3v) is 7.18. The average Bonchev–Trinajstić information content (AvgIpc) is 3.35. The standard InChI is InChI=1S/C29H26F3IN4O3S/c1-3-39-25-12-20(11-24(33)27(25)40-16-19-9-7-18(2)8-10-19)15-34-37-26(38)14-23-17-41-28(36-23)35-22-6-4-5-21(13-22)29(30,31)32/h4-13,15,17H,3,14,16H2,1-2H3,(H,35,36)(H,37,38)/b34-15-. The van der Waals surface area contributed by atoms with Crippen molar-refractivity contribution in [2.75, 3.05) is 11.9 Å². The second kappa shape index (κ2) is 13.8. The maximum Gasteiger partial charge on any atom is 0.416 e. The number of aryl methyl sites for hydroxylation is 1. The van der Waals surface area contributed by atoms with Gasteiger partial charge in [-0.05, 0) is 77.9 Å². The van der Waals surface area contributed by atoms with Gasteiger partial charge in [-0.15, -0.1) is 11.3 Å². The summed E-state index contributed by atoms with van der Waals surface area (Å²) < 4.78 is 51.5. The predicted octanol–water partition coefficient (Wildman–Crippen LogP) is 7.49. The minimum atomic E-state index is -4.44. The molecular weight excluding hydrogens is 668 g/mol. The zero-order valence-corrected chi connectivity index (χ0v) is 25.1. The largest absolute Gasteiger partial charge is 0.490 e. The first-order chi connectivity index (χ1) is 19.6. The number of carbonyl (C=O) groups excluding carboxylic acids is 1. The van der Waals surface area contributed by atoms with E-state index in [-0.39, 0.29) is 12.1 Å². The molecule has 0 atom stereocenters. The molecule has 4 aromatic rings. The molecule has 0 saturated heterocycles. The van der Waals surface area contributed by atoms with E-state index in [1.54, 1.807) is 11.4 Å². The molecule has 41 heavy (non-hydrogen) atoms. The lowest BCUT2D eigenvalue weighted by Gasteiger charge is -2.15. The van der Waals surface area contributed by atoms with E-state index in [2.05, 4.69) is 43.4 Å². The number of benzene rings is 3. The number of ether oxygens (including phenoxy) is 2. The van der Waals surface area contributed by atoms with Gasteiger partial charge in [0.15, 0.2) is 16.6 Å². The van der Waals surface area contributed by atoms with Crippen molar-refractivity contribution in [1.29, 1.82) is 0 Å². The number of aromatic nitrogens is 1. The van der Waals surface area contributed by atoms with Crippen LogP contribution in [0.1, 0.15) is 34.9 Å². The van der Waals surface area contributed by atoms with Crippen molar-refractivity contribution < 1.29 is 27.4 Å². The van der Waals surface area contributed by atoms with Gasteiger partial charge >= 0.3 is 6.18 Å². The van der Waals surface area contributed by atoms with E-state index in [9.17, 15) is 18.0 Å². The maximum absolute atomic E-state index is 12.9. The van der Waals surface area contributed by atoms with Crippen molar-refractivity contribution in [3.8, 4) is 11.5 Å². The average molecular weight is 695 g/mol. The molecule has 12 heteroatoms. The molecule has 0 fully saturated rings. The first-order valence-electron chi connectivity index (χ1n) is 12.5. The van der Waals surface area contributed by atoms with Crippen molar-refractivity contribution in [1.82, 2.24) is 10.4 Å². The fraction of sp³-hybridized carbons (Fsp3) is 0.207. The third-order valence-electron chi connectivity index (χ3n) is 5.57. The van der Waals surface area contributed by atoms with Gasteiger partial charge in [-0.1, -0.05) is 35.9 Å². The monoisotopic (exact) mass is 694 g/mol. The molecule has 0 unspecified atom stereocenters. The van der Waals surface area contributed by atoms with Crippen LogP contribution < -0.4 is 20.2 Å². The topological polar surface area (TPSA) is 84.8 Å². The maximum atomic E-state index is 12.9. The normalized spacial score (nSPS) is 11.5. The van der Waals surface area contributed by atoms with Crippen molar-refractivity contribution in [3.05, 3.63) is 97.6 Å². The molecule has 0 radical (unpaired) electrons. The van der Waals surface area contributed by atoms with Crippen LogP contribution in [-0.4, -0.2) is 23.7 Å². The number of hydrogen-bond donors (Lipinski definition) is 2. The number of nitrogens with one attached hydrogen (secondary N) is 2. The van der Waals surface area contributed by atoms with E-state index in [4.69, 9.17) is 9.47 Å². The second-order valence-electron chi connectivity index (χ2n) is 8.85. The Bertz CT molecular complexity index is 1520. The third kappa shape index (κ3) is 8.92. The van der Waals surface area contributed by atoms with Crippen LogP contribution in [0.25, 0.3) is 0 Å². The highest BCUT2D eigenvalue weighted by Gasteiger charge is 2.30. The number of thiazole rings is 1. The lowest BCUT2D eigenvalue weighted by Crippen LogP contribution is -2.20. The number of anilines is 2. The number of amides is 1. The highest BCUT2D eigenvalue weighted by atomic mass is 127. The van der Waals surface area contributed by atoms with Gasteiger partial charge in [-0.3, -0.25) is 4.79 Å². The molecule has 0 aliphatic heterocycles. The van der Waals surface area contributed by atoms with E-state index in [0.29, 0.717) is 41.1 Å². The van der Waals surface area contributed by atoms with Crippen LogP contribution in [0.3, 0.4) is 0 Å². The van der Waals surface area contributed by atoms with Crippen LogP contribution in [-0.2, 0) is 24.0 Å². The van der Waals surface area contributed by atoms with E-state index >= 15 is 0 Å². The van der Waals surface area contributed by atoms with Gasteiger partial charge in [0.05, 0.1) is 34.1 Å². The number of rotatable bonds is 11. The highest BCUT2D eigenvalue weighted by molar-refractivity contribution is 14.1. The zero-order chi connectivity index (χ0) is 29.4. The predicted molar refractivity (Wildman–Crippen MR) is 162 cm³/mol. The number of halogens is 4. The van der Waals surface area contributed by atoms with E-state index in [1.807, 2.05) is 44.2 Å². The van der Waals surface area contributed by atoms with E-state index in [1.165, 1.54) is 35.2 Å². The summed E-state index contributed by atoms with van der Waals surface area (Å²) in [6, 6.07) is 16.6. The highest BCUT2D eigenvalue weighted by Crippen LogP contribution is 2.35. The summed E-state index contributed by atoms with van der Waals surface area (Å²) in [7, 11) is 0. The second-order valence-corrected chi connectivity index (χ2v) is 10.9. The lowest BCUT2D eigenvalue weighted by molar-refractivity contribution is -0.137. The number of nitrogens with zero attached hydrogens (tertiary/aromatic N) is 2. The molecule has 4 rings (SSSR count). The molecule has 0 spiro atoms. The smallest absolute Gasteiger partial charge is 0.416 e. The quantitative estimate of drug-likeness (QED) is 0.0967. The van der Waals surface area contributed by atoms with Gasteiger partial charge in [-0.25, -0.2) is 10.4 Å². The molecule has 1 amide bonds. The Morgan fingerprint density at radius 1 is 1.12 bits per heavy atom. The molecule has 0 aliphatic rings. The summed E-state index contributed by atoms with van der Waals surface area (Å²) in [5, 5.41) is 8.92. The molecule has 0 aliphatic carbocycles. The van der Waals surface area contributed by atoms with Crippen LogP contribution in [0.4, 0.5) is 24.0 Å². The van der Waals surface area contributed by atoms with Crippen molar-refractivity contribution in [2.45, 2.75) is 33.1 Å². The SMILES string of the molecule is CCOc1cc(/C=N\NC(=O)Cc2csc(Nc3cccc(C(F)(F)F)c3)n2)cc(I)c1OCc1ccc(C)cc1. The Labute approximate surface area is 252 Å². The van der Waals surface area contributed by atoms with Crippen molar-refractivity contribution >= 4 is 56.9 Å². The van der Waals surface area contributed by atoms with Crippen LogP contribution in [0.5, 0.6) is 11.5 Å². The summed E-state index contributed by atoms with van der Waals surface area (Å²) >= 11 is 3.36. The van der Waals surface area contributed by atoms with Crippen LogP contribution in [0.15, 0.2) is 71.1 Å². The minimum Gasteiger partial charge on any atom is -0.490 e. The number of carbonyl (C=O) groups is 1. The fourth-order valence-corrected chi connectivity index (χ4v) is 5.14. The van der Waals surface area contributed by atoms with Gasteiger partial charge in [-0.2, -0.15) is 18.3 Å². The molecule has 3 aromatic carbocycles.